The van der Waals surface area contributed by atoms with Crippen LogP contribution in [0.25, 0.3) is 0 Å². The quantitative estimate of drug-likeness (QED) is 0.790. The van der Waals surface area contributed by atoms with Crippen LogP contribution in [0.2, 0.25) is 0 Å². The van der Waals surface area contributed by atoms with E-state index < -0.39 is 26.3 Å². The average Bonchev–Trinajstić information content (AvgIpc) is 2.04. The lowest BCUT2D eigenvalue weighted by atomic mass is 9.98. The van der Waals surface area contributed by atoms with Gasteiger partial charge in [-0.1, -0.05) is 6.07 Å². The Morgan fingerprint density at radius 1 is 1.38 bits per heavy atom. The van der Waals surface area contributed by atoms with Crippen LogP contribution in [-0.2, 0) is 20.5 Å². The average molecular weight is 269 g/mol. The molecule has 0 spiro atoms. The number of alkyl halides is 1. The second kappa shape index (κ2) is 4.30. The second-order valence-electron chi connectivity index (χ2n) is 3.96. The molecular formula is C10H11ClF2O2S. The summed E-state index contributed by atoms with van der Waals surface area (Å²) in [6, 6.07) is 3.49. The summed E-state index contributed by atoms with van der Waals surface area (Å²) in [5.41, 5.74) is -1.57. The smallest absolute Gasteiger partial charge is 0.236 e. The standard InChI is InChI=1S/C10H11ClF2O2S/c1-10(2,13)8-3-4-9(12)7(5-8)6-16(11,14)15/h3-5H,6H2,1-2H3. The van der Waals surface area contributed by atoms with Crippen LogP contribution in [0.4, 0.5) is 8.78 Å². The van der Waals surface area contributed by atoms with E-state index in [0.717, 1.165) is 6.07 Å². The molecule has 0 aliphatic heterocycles. The number of halogens is 3. The largest absolute Gasteiger partial charge is 0.239 e. The monoisotopic (exact) mass is 268 g/mol. The van der Waals surface area contributed by atoms with Crippen molar-refractivity contribution in [1.82, 2.24) is 0 Å². The van der Waals surface area contributed by atoms with E-state index in [1.54, 1.807) is 0 Å². The summed E-state index contributed by atoms with van der Waals surface area (Å²) in [7, 11) is 1.17. The molecule has 1 aromatic rings. The van der Waals surface area contributed by atoms with Crippen molar-refractivity contribution in [2.24, 2.45) is 0 Å². The van der Waals surface area contributed by atoms with Crippen LogP contribution in [0.3, 0.4) is 0 Å². The Labute approximate surface area is 97.7 Å². The summed E-state index contributed by atoms with van der Waals surface area (Å²) in [5.74, 6) is -1.36. The van der Waals surface area contributed by atoms with Gasteiger partial charge in [-0.25, -0.2) is 17.2 Å². The normalized spacial score (nSPS) is 12.8. The Bertz CT molecular complexity index is 492. The zero-order valence-electron chi connectivity index (χ0n) is 8.80. The molecule has 0 fully saturated rings. The Kier molecular flexibility index (Phi) is 3.59. The molecule has 0 saturated carbocycles. The minimum atomic E-state index is -3.85. The van der Waals surface area contributed by atoms with Gasteiger partial charge in [0, 0.05) is 16.2 Å². The predicted molar refractivity (Wildman–Crippen MR) is 59.0 cm³/mol. The molecule has 6 heteroatoms. The first-order valence-corrected chi connectivity index (χ1v) is 6.97. The van der Waals surface area contributed by atoms with Gasteiger partial charge in [-0.15, -0.1) is 0 Å². The van der Waals surface area contributed by atoms with Crippen molar-refractivity contribution < 1.29 is 17.2 Å². The first-order valence-electron chi connectivity index (χ1n) is 4.50. The van der Waals surface area contributed by atoms with Crippen LogP contribution in [0.15, 0.2) is 18.2 Å². The lowest BCUT2D eigenvalue weighted by molar-refractivity contribution is 0.221. The third kappa shape index (κ3) is 3.72. The summed E-state index contributed by atoms with van der Waals surface area (Å²) in [5, 5.41) is 0. The van der Waals surface area contributed by atoms with Gasteiger partial charge in [0.25, 0.3) is 0 Å². The Morgan fingerprint density at radius 2 is 1.94 bits per heavy atom. The SMILES string of the molecule is CC(C)(F)c1ccc(F)c(CS(=O)(=O)Cl)c1. The summed E-state index contributed by atoms with van der Waals surface area (Å²) in [6.07, 6.45) is 0. The molecule has 0 N–H and O–H groups in total. The van der Waals surface area contributed by atoms with E-state index in [-0.39, 0.29) is 11.1 Å². The minimum absolute atomic E-state index is 0.127. The maximum absolute atomic E-state index is 13.6. The fourth-order valence-electron chi connectivity index (χ4n) is 1.24. The number of hydrogen-bond acceptors (Lipinski definition) is 2. The van der Waals surface area contributed by atoms with E-state index >= 15 is 0 Å². The summed E-state index contributed by atoms with van der Waals surface area (Å²) in [6.45, 7) is 2.61. The van der Waals surface area contributed by atoms with E-state index in [0.29, 0.717) is 0 Å². The Balaban J connectivity index is 3.20. The Morgan fingerprint density at radius 3 is 2.38 bits per heavy atom. The predicted octanol–water partition coefficient (Wildman–Crippen LogP) is 3.10. The van der Waals surface area contributed by atoms with Gasteiger partial charge in [0.1, 0.15) is 11.5 Å². The lowest BCUT2D eigenvalue weighted by Crippen LogP contribution is -2.10. The molecule has 0 amide bonds. The van der Waals surface area contributed by atoms with E-state index in [1.165, 1.54) is 26.0 Å². The first-order chi connectivity index (χ1) is 7.09. The zero-order valence-corrected chi connectivity index (χ0v) is 10.4. The second-order valence-corrected chi connectivity index (χ2v) is 6.74. The molecule has 0 heterocycles. The fourth-order valence-corrected chi connectivity index (χ4v) is 2.19. The molecular weight excluding hydrogens is 258 g/mol. The molecule has 0 unspecified atom stereocenters. The van der Waals surface area contributed by atoms with E-state index in [1.807, 2.05) is 0 Å². The molecule has 0 aromatic heterocycles. The third-order valence-corrected chi connectivity index (χ3v) is 3.04. The van der Waals surface area contributed by atoms with E-state index in [9.17, 15) is 17.2 Å². The summed E-state index contributed by atoms with van der Waals surface area (Å²) < 4.78 is 48.4. The van der Waals surface area contributed by atoms with Crippen molar-refractivity contribution in [2.45, 2.75) is 25.3 Å². The van der Waals surface area contributed by atoms with E-state index in [2.05, 4.69) is 0 Å². The van der Waals surface area contributed by atoms with Gasteiger partial charge in [0.2, 0.25) is 9.05 Å². The molecule has 0 atom stereocenters. The van der Waals surface area contributed by atoms with Gasteiger partial charge >= 0.3 is 0 Å². The van der Waals surface area contributed by atoms with Crippen molar-refractivity contribution in [3.63, 3.8) is 0 Å². The number of hydrogen-bond donors (Lipinski definition) is 0. The van der Waals surface area contributed by atoms with Gasteiger partial charge in [-0.3, -0.25) is 0 Å². The maximum atomic E-state index is 13.6. The summed E-state index contributed by atoms with van der Waals surface area (Å²) in [4.78, 5) is 0. The maximum Gasteiger partial charge on any atom is 0.236 e. The third-order valence-electron chi connectivity index (χ3n) is 2.06. The highest BCUT2D eigenvalue weighted by Gasteiger charge is 2.21. The molecule has 0 saturated heterocycles. The molecule has 0 radical (unpaired) electrons. The van der Waals surface area contributed by atoms with Crippen LogP contribution >= 0.6 is 10.7 Å². The van der Waals surface area contributed by atoms with Gasteiger partial charge in [0.15, 0.2) is 0 Å². The summed E-state index contributed by atoms with van der Waals surface area (Å²) >= 11 is 0. The number of rotatable bonds is 3. The highest BCUT2D eigenvalue weighted by molar-refractivity contribution is 8.13. The topological polar surface area (TPSA) is 34.1 Å². The van der Waals surface area contributed by atoms with Gasteiger partial charge in [-0.05, 0) is 31.5 Å². The lowest BCUT2D eigenvalue weighted by Gasteiger charge is -2.15. The van der Waals surface area contributed by atoms with Crippen LogP contribution in [0.5, 0.6) is 0 Å². The molecule has 16 heavy (non-hydrogen) atoms. The van der Waals surface area contributed by atoms with E-state index in [4.69, 9.17) is 10.7 Å². The zero-order chi connectivity index (χ0) is 12.6. The van der Waals surface area contributed by atoms with Crippen molar-refractivity contribution in [1.29, 1.82) is 0 Å². The van der Waals surface area contributed by atoms with Crippen LogP contribution in [0, 0.1) is 5.82 Å². The first kappa shape index (κ1) is 13.4. The minimum Gasteiger partial charge on any atom is -0.239 e. The van der Waals surface area contributed by atoms with Gasteiger partial charge < -0.3 is 0 Å². The fraction of sp³-hybridized carbons (Fsp3) is 0.400. The van der Waals surface area contributed by atoms with Crippen molar-refractivity contribution in [2.75, 3.05) is 0 Å². The van der Waals surface area contributed by atoms with Gasteiger partial charge in [-0.2, -0.15) is 0 Å². The molecule has 90 valence electrons. The van der Waals surface area contributed by atoms with Crippen LogP contribution in [0.1, 0.15) is 25.0 Å². The molecule has 0 bridgehead atoms. The van der Waals surface area contributed by atoms with Crippen molar-refractivity contribution in [3.8, 4) is 0 Å². The number of benzene rings is 1. The molecule has 0 aliphatic carbocycles. The van der Waals surface area contributed by atoms with Crippen molar-refractivity contribution >= 4 is 19.7 Å². The molecule has 2 nitrogen and oxygen atoms in total. The molecule has 1 rings (SSSR count). The molecule has 1 aromatic carbocycles. The Hall–Kier alpha value is -0.680. The van der Waals surface area contributed by atoms with Gasteiger partial charge in [0.05, 0.1) is 5.75 Å². The van der Waals surface area contributed by atoms with Crippen LogP contribution < -0.4 is 0 Å². The highest BCUT2D eigenvalue weighted by atomic mass is 35.7. The van der Waals surface area contributed by atoms with Crippen molar-refractivity contribution in [3.05, 3.63) is 35.1 Å². The molecule has 0 aliphatic rings. The highest BCUT2D eigenvalue weighted by Crippen LogP contribution is 2.27. The van der Waals surface area contributed by atoms with Crippen LogP contribution in [-0.4, -0.2) is 8.42 Å².